The summed E-state index contributed by atoms with van der Waals surface area (Å²) in [6.07, 6.45) is 1.89. The summed E-state index contributed by atoms with van der Waals surface area (Å²) in [5.74, 6) is 0.834. The molecule has 1 saturated heterocycles. The minimum atomic E-state index is 0.0208. The van der Waals surface area contributed by atoms with E-state index in [0.717, 1.165) is 31.7 Å². The van der Waals surface area contributed by atoms with Gasteiger partial charge in [-0.1, -0.05) is 11.6 Å². The normalized spacial score (nSPS) is 16.2. The number of hydrogen-bond donors (Lipinski definition) is 1. The quantitative estimate of drug-likeness (QED) is 0.926. The number of benzene rings is 1. The number of nitrogens with one attached hydrogen (secondary N) is 1. The van der Waals surface area contributed by atoms with Crippen LogP contribution < -0.4 is 10.1 Å². The highest BCUT2D eigenvalue weighted by Gasteiger charge is 2.23. The van der Waals surface area contributed by atoms with E-state index < -0.39 is 0 Å². The molecule has 0 atom stereocenters. The molecule has 0 bridgehead atoms. The minimum absolute atomic E-state index is 0.0208. The average Bonchev–Trinajstić information content (AvgIpc) is 2.42. The first kappa shape index (κ1) is 14.0. The summed E-state index contributed by atoms with van der Waals surface area (Å²) in [5, 5.41) is 3.52. The number of ether oxygens (including phenoxy) is 1. The number of carbonyl (C=O) groups is 1. The van der Waals surface area contributed by atoms with Gasteiger partial charge in [-0.25, -0.2) is 4.79 Å². The van der Waals surface area contributed by atoms with Gasteiger partial charge in [-0.05, 0) is 31.2 Å². The number of nitrogens with zero attached hydrogens (tertiary/aromatic N) is 1. The van der Waals surface area contributed by atoms with Crippen LogP contribution in [0.25, 0.3) is 0 Å². The van der Waals surface area contributed by atoms with Crippen molar-refractivity contribution in [3.63, 3.8) is 0 Å². The molecular weight excluding hydrogens is 264 g/mol. The number of urea groups is 1. The van der Waals surface area contributed by atoms with Crippen LogP contribution in [-0.4, -0.2) is 36.7 Å². The fraction of sp³-hybridized carbons (Fsp3) is 0.500. The third kappa shape index (κ3) is 4.03. The maximum atomic E-state index is 11.7. The maximum absolute atomic E-state index is 11.7. The number of rotatable bonds is 3. The number of carbonyl (C=O) groups excluding carboxylic acids is 1. The molecule has 1 aliphatic heterocycles. The van der Waals surface area contributed by atoms with Crippen LogP contribution in [0.4, 0.5) is 4.79 Å². The molecule has 1 aromatic carbocycles. The lowest BCUT2D eigenvalue weighted by Gasteiger charge is -2.32. The fourth-order valence-electron chi connectivity index (χ4n) is 2.15. The molecule has 4 nitrogen and oxygen atoms in total. The minimum Gasteiger partial charge on any atom is -0.490 e. The Morgan fingerprint density at radius 1 is 1.37 bits per heavy atom. The van der Waals surface area contributed by atoms with E-state index in [1.54, 1.807) is 0 Å². The molecule has 1 heterocycles. The van der Waals surface area contributed by atoms with Gasteiger partial charge < -0.3 is 15.0 Å². The molecule has 0 radical (unpaired) electrons. The second kappa shape index (κ2) is 6.66. The molecule has 2 rings (SSSR count). The van der Waals surface area contributed by atoms with E-state index in [-0.39, 0.29) is 12.1 Å². The van der Waals surface area contributed by atoms with Gasteiger partial charge >= 0.3 is 6.03 Å². The van der Waals surface area contributed by atoms with Gasteiger partial charge in [0, 0.05) is 37.5 Å². The smallest absolute Gasteiger partial charge is 0.317 e. The lowest BCUT2D eigenvalue weighted by Crippen LogP contribution is -2.46. The van der Waals surface area contributed by atoms with Gasteiger partial charge in [-0.15, -0.1) is 0 Å². The highest BCUT2D eigenvalue weighted by atomic mass is 35.5. The van der Waals surface area contributed by atoms with E-state index >= 15 is 0 Å². The molecule has 1 fully saturated rings. The topological polar surface area (TPSA) is 41.6 Å². The molecule has 0 unspecified atom stereocenters. The van der Waals surface area contributed by atoms with E-state index in [2.05, 4.69) is 5.32 Å². The van der Waals surface area contributed by atoms with Gasteiger partial charge in [0.2, 0.25) is 0 Å². The Morgan fingerprint density at radius 2 is 2.00 bits per heavy atom. The molecule has 0 saturated carbocycles. The third-order valence-electron chi connectivity index (χ3n) is 3.17. The zero-order valence-corrected chi connectivity index (χ0v) is 11.8. The van der Waals surface area contributed by atoms with E-state index in [4.69, 9.17) is 16.3 Å². The van der Waals surface area contributed by atoms with Crippen LogP contribution in [0.1, 0.15) is 19.8 Å². The molecule has 104 valence electrons. The van der Waals surface area contributed by atoms with Crippen molar-refractivity contribution in [2.24, 2.45) is 0 Å². The van der Waals surface area contributed by atoms with Crippen molar-refractivity contribution >= 4 is 17.6 Å². The van der Waals surface area contributed by atoms with E-state index in [1.165, 1.54) is 0 Å². The van der Waals surface area contributed by atoms with Crippen molar-refractivity contribution in [2.75, 3.05) is 19.6 Å². The highest BCUT2D eigenvalue weighted by molar-refractivity contribution is 6.30. The Hall–Kier alpha value is -1.42. The molecule has 0 aliphatic carbocycles. The largest absolute Gasteiger partial charge is 0.490 e. The Labute approximate surface area is 118 Å². The Bertz CT molecular complexity index is 414. The van der Waals surface area contributed by atoms with Crippen LogP contribution in [-0.2, 0) is 0 Å². The van der Waals surface area contributed by atoms with Crippen molar-refractivity contribution < 1.29 is 9.53 Å². The summed E-state index contributed by atoms with van der Waals surface area (Å²) in [6.45, 7) is 4.07. The molecule has 0 aromatic heterocycles. The summed E-state index contributed by atoms with van der Waals surface area (Å²) in [7, 11) is 0. The standard InChI is InChI=1S/C14H19ClN2O2/c1-2-16-14(18)17-9-7-13(8-10-17)19-12-5-3-11(15)4-6-12/h3-6,13H,2,7-10H2,1H3,(H,16,18). The third-order valence-corrected chi connectivity index (χ3v) is 3.43. The number of hydrogen-bond acceptors (Lipinski definition) is 2. The summed E-state index contributed by atoms with van der Waals surface area (Å²) in [5.41, 5.74) is 0. The lowest BCUT2D eigenvalue weighted by molar-refractivity contribution is 0.111. The van der Waals surface area contributed by atoms with Gasteiger partial charge in [0.25, 0.3) is 0 Å². The highest BCUT2D eigenvalue weighted by Crippen LogP contribution is 2.21. The summed E-state index contributed by atoms with van der Waals surface area (Å²) >= 11 is 5.83. The van der Waals surface area contributed by atoms with Crippen LogP contribution in [0.2, 0.25) is 5.02 Å². The molecule has 5 heteroatoms. The van der Waals surface area contributed by atoms with E-state index in [1.807, 2.05) is 36.1 Å². The van der Waals surface area contributed by atoms with E-state index in [0.29, 0.717) is 11.6 Å². The van der Waals surface area contributed by atoms with Crippen LogP contribution in [0, 0.1) is 0 Å². The molecule has 2 amide bonds. The van der Waals surface area contributed by atoms with Crippen LogP contribution in [0.15, 0.2) is 24.3 Å². The van der Waals surface area contributed by atoms with Gasteiger partial charge in [0.1, 0.15) is 11.9 Å². The van der Waals surface area contributed by atoms with Crippen molar-refractivity contribution in [3.8, 4) is 5.75 Å². The zero-order valence-electron chi connectivity index (χ0n) is 11.1. The monoisotopic (exact) mass is 282 g/mol. The maximum Gasteiger partial charge on any atom is 0.317 e. The van der Waals surface area contributed by atoms with Crippen molar-refractivity contribution in [2.45, 2.75) is 25.9 Å². The van der Waals surface area contributed by atoms with Crippen molar-refractivity contribution in [1.29, 1.82) is 0 Å². The van der Waals surface area contributed by atoms with Gasteiger partial charge in [0.15, 0.2) is 0 Å². The molecule has 1 aromatic rings. The van der Waals surface area contributed by atoms with Gasteiger partial charge in [-0.3, -0.25) is 0 Å². The molecule has 19 heavy (non-hydrogen) atoms. The van der Waals surface area contributed by atoms with Crippen LogP contribution in [0.3, 0.4) is 0 Å². The number of amides is 2. The molecule has 0 spiro atoms. The molecular formula is C14H19ClN2O2. The predicted octanol–water partition coefficient (Wildman–Crippen LogP) is 2.91. The molecule has 1 N–H and O–H groups in total. The van der Waals surface area contributed by atoms with Crippen LogP contribution >= 0.6 is 11.6 Å². The molecule has 1 aliphatic rings. The second-order valence-corrected chi connectivity index (χ2v) is 5.03. The lowest BCUT2D eigenvalue weighted by atomic mass is 10.1. The van der Waals surface area contributed by atoms with E-state index in [9.17, 15) is 4.79 Å². The average molecular weight is 283 g/mol. The first-order chi connectivity index (χ1) is 9.19. The summed E-state index contributed by atoms with van der Waals surface area (Å²) < 4.78 is 5.88. The number of likely N-dealkylation sites (tertiary alicyclic amines) is 1. The summed E-state index contributed by atoms with van der Waals surface area (Å²) in [6, 6.07) is 7.41. The Morgan fingerprint density at radius 3 is 2.58 bits per heavy atom. The first-order valence-corrected chi connectivity index (χ1v) is 7.02. The second-order valence-electron chi connectivity index (χ2n) is 4.59. The van der Waals surface area contributed by atoms with Crippen molar-refractivity contribution in [3.05, 3.63) is 29.3 Å². The van der Waals surface area contributed by atoms with Crippen molar-refractivity contribution in [1.82, 2.24) is 10.2 Å². The number of piperidine rings is 1. The first-order valence-electron chi connectivity index (χ1n) is 6.64. The summed E-state index contributed by atoms with van der Waals surface area (Å²) in [4.78, 5) is 13.5. The van der Waals surface area contributed by atoms with Gasteiger partial charge in [-0.2, -0.15) is 0 Å². The zero-order chi connectivity index (χ0) is 13.7. The Balaban J connectivity index is 1.80. The van der Waals surface area contributed by atoms with Crippen LogP contribution in [0.5, 0.6) is 5.75 Å². The number of halogens is 1. The van der Waals surface area contributed by atoms with Gasteiger partial charge in [0.05, 0.1) is 0 Å². The fourth-order valence-corrected chi connectivity index (χ4v) is 2.27. The predicted molar refractivity (Wildman–Crippen MR) is 75.7 cm³/mol. The SMILES string of the molecule is CCNC(=O)N1CCC(Oc2ccc(Cl)cc2)CC1. The Kier molecular flexibility index (Phi) is 4.91.